The summed E-state index contributed by atoms with van der Waals surface area (Å²) in [5.41, 5.74) is 13.7. The normalized spacial score (nSPS) is 19.7. The van der Waals surface area contributed by atoms with E-state index in [0.717, 1.165) is 5.75 Å². The second kappa shape index (κ2) is 5.42. The van der Waals surface area contributed by atoms with E-state index in [0.29, 0.717) is 6.54 Å². The van der Waals surface area contributed by atoms with E-state index in [-0.39, 0.29) is 11.5 Å². The van der Waals surface area contributed by atoms with Gasteiger partial charge in [-0.1, -0.05) is 25.5 Å². The molecule has 0 saturated heterocycles. The Morgan fingerprint density at radius 3 is 2.35 bits per heavy atom. The predicted octanol–water partition coefficient (Wildman–Crippen LogP) is 2.93. The fourth-order valence-electron chi connectivity index (χ4n) is 2.56. The van der Waals surface area contributed by atoms with Crippen LogP contribution in [0.2, 0.25) is 0 Å². The molecule has 94 valence electrons. The minimum Gasteiger partial charge on any atom is -0.330 e. The third kappa shape index (κ3) is 2.51. The monoisotopic (exact) mass is 250 g/mol. The van der Waals surface area contributed by atoms with E-state index in [4.69, 9.17) is 11.5 Å². The van der Waals surface area contributed by atoms with Crippen LogP contribution < -0.4 is 11.5 Å². The molecule has 0 amide bonds. The van der Waals surface area contributed by atoms with Crippen molar-refractivity contribution in [2.45, 2.75) is 37.1 Å². The van der Waals surface area contributed by atoms with E-state index in [1.165, 1.54) is 29.7 Å². The first kappa shape index (κ1) is 12.9. The lowest BCUT2D eigenvalue weighted by atomic mass is 9.63. The van der Waals surface area contributed by atoms with Gasteiger partial charge in [-0.15, -0.1) is 11.8 Å². The van der Waals surface area contributed by atoms with Gasteiger partial charge in [0.05, 0.1) is 0 Å². The number of hydrogen-bond acceptors (Lipinski definition) is 3. The second-order valence-electron chi connectivity index (χ2n) is 4.90. The molecule has 0 aromatic heterocycles. The Labute approximate surface area is 108 Å². The molecule has 4 N–H and O–H groups in total. The van der Waals surface area contributed by atoms with Crippen molar-refractivity contribution < 1.29 is 0 Å². The SMILES string of the molecule is CCSc1ccc(C(N)C2(CN)CCC2)cc1. The highest BCUT2D eigenvalue weighted by Crippen LogP contribution is 2.48. The molecule has 1 aliphatic carbocycles. The summed E-state index contributed by atoms with van der Waals surface area (Å²) in [5, 5.41) is 0. The highest BCUT2D eigenvalue weighted by molar-refractivity contribution is 7.99. The van der Waals surface area contributed by atoms with Crippen LogP contribution >= 0.6 is 11.8 Å². The fourth-order valence-corrected chi connectivity index (χ4v) is 3.23. The van der Waals surface area contributed by atoms with Gasteiger partial charge in [-0.2, -0.15) is 0 Å². The summed E-state index contributed by atoms with van der Waals surface area (Å²) in [5.74, 6) is 1.11. The molecule has 0 heterocycles. The average molecular weight is 250 g/mol. The molecule has 1 atom stereocenters. The van der Waals surface area contributed by atoms with Gasteiger partial charge in [0.15, 0.2) is 0 Å². The quantitative estimate of drug-likeness (QED) is 0.790. The Kier molecular flexibility index (Phi) is 4.13. The van der Waals surface area contributed by atoms with Crippen molar-refractivity contribution in [3.8, 4) is 0 Å². The molecule has 1 aliphatic rings. The highest BCUT2D eigenvalue weighted by Gasteiger charge is 2.41. The number of benzene rings is 1. The fraction of sp³-hybridized carbons (Fsp3) is 0.571. The lowest BCUT2D eigenvalue weighted by Crippen LogP contribution is -2.46. The maximum Gasteiger partial charge on any atom is 0.0364 e. The largest absolute Gasteiger partial charge is 0.330 e. The van der Waals surface area contributed by atoms with Crippen LogP contribution in [0.4, 0.5) is 0 Å². The van der Waals surface area contributed by atoms with Crippen molar-refractivity contribution in [2.24, 2.45) is 16.9 Å². The number of nitrogens with two attached hydrogens (primary N) is 2. The molecule has 2 nitrogen and oxygen atoms in total. The number of thioether (sulfide) groups is 1. The van der Waals surface area contributed by atoms with Crippen LogP contribution in [0.25, 0.3) is 0 Å². The average Bonchev–Trinajstić information content (AvgIpc) is 2.29. The van der Waals surface area contributed by atoms with Crippen LogP contribution in [0.1, 0.15) is 37.8 Å². The molecule has 1 aromatic carbocycles. The molecule has 17 heavy (non-hydrogen) atoms. The molecule has 1 fully saturated rings. The first-order chi connectivity index (χ1) is 8.22. The number of rotatable bonds is 5. The van der Waals surface area contributed by atoms with Gasteiger partial charge in [0.2, 0.25) is 0 Å². The van der Waals surface area contributed by atoms with Gasteiger partial charge >= 0.3 is 0 Å². The lowest BCUT2D eigenvalue weighted by Gasteiger charge is -2.45. The molecular formula is C14H22N2S. The van der Waals surface area contributed by atoms with Crippen LogP contribution in [0.5, 0.6) is 0 Å². The Hall–Kier alpha value is -0.510. The van der Waals surface area contributed by atoms with Crippen molar-refractivity contribution in [3.63, 3.8) is 0 Å². The molecule has 1 saturated carbocycles. The Morgan fingerprint density at radius 1 is 1.29 bits per heavy atom. The van der Waals surface area contributed by atoms with Crippen molar-refractivity contribution in [1.29, 1.82) is 0 Å². The summed E-state index contributed by atoms with van der Waals surface area (Å²) in [6, 6.07) is 8.77. The highest BCUT2D eigenvalue weighted by atomic mass is 32.2. The predicted molar refractivity (Wildman–Crippen MR) is 75.1 cm³/mol. The maximum absolute atomic E-state index is 6.38. The van der Waals surface area contributed by atoms with Gasteiger partial charge in [0.1, 0.15) is 0 Å². The third-order valence-corrected chi connectivity index (χ3v) is 4.86. The maximum atomic E-state index is 6.38. The molecular weight excluding hydrogens is 228 g/mol. The molecule has 0 radical (unpaired) electrons. The Bertz CT molecular complexity index is 351. The summed E-state index contributed by atoms with van der Waals surface area (Å²) in [6.07, 6.45) is 3.63. The molecule has 1 unspecified atom stereocenters. The molecule has 2 rings (SSSR count). The summed E-state index contributed by atoms with van der Waals surface area (Å²) in [4.78, 5) is 1.32. The zero-order chi connectivity index (χ0) is 12.3. The third-order valence-electron chi connectivity index (χ3n) is 3.97. The minimum atomic E-state index is 0.0990. The van der Waals surface area contributed by atoms with Crippen molar-refractivity contribution in [2.75, 3.05) is 12.3 Å². The van der Waals surface area contributed by atoms with Crippen LogP contribution in [-0.4, -0.2) is 12.3 Å². The van der Waals surface area contributed by atoms with Crippen LogP contribution in [-0.2, 0) is 0 Å². The van der Waals surface area contributed by atoms with Crippen LogP contribution in [0.15, 0.2) is 29.2 Å². The minimum absolute atomic E-state index is 0.0990. The van der Waals surface area contributed by atoms with Gasteiger partial charge in [0, 0.05) is 16.4 Å². The Balaban J connectivity index is 2.11. The lowest BCUT2D eigenvalue weighted by molar-refractivity contribution is 0.105. The second-order valence-corrected chi connectivity index (χ2v) is 6.24. The van der Waals surface area contributed by atoms with E-state index >= 15 is 0 Å². The topological polar surface area (TPSA) is 52.0 Å². The van der Waals surface area contributed by atoms with Crippen molar-refractivity contribution in [1.82, 2.24) is 0 Å². The van der Waals surface area contributed by atoms with E-state index in [1.807, 2.05) is 11.8 Å². The summed E-state index contributed by atoms with van der Waals surface area (Å²) < 4.78 is 0. The van der Waals surface area contributed by atoms with Gasteiger partial charge in [-0.25, -0.2) is 0 Å². The zero-order valence-corrected chi connectivity index (χ0v) is 11.3. The molecule has 0 bridgehead atoms. The van der Waals surface area contributed by atoms with Gasteiger partial charge in [-0.3, -0.25) is 0 Å². The molecule has 0 spiro atoms. The summed E-state index contributed by atoms with van der Waals surface area (Å²) in [7, 11) is 0. The zero-order valence-electron chi connectivity index (χ0n) is 10.5. The smallest absolute Gasteiger partial charge is 0.0364 e. The molecule has 1 aromatic rings. The van der Waals surface area contributed by atoms with Crippen LogP contribution in [0.3, 0.4) is 0 Å². The van der Waals surface area contributed by atoms with E-state index < -0.39 is 0 Å². The van der Waals surface area contributed by atoms with Crippen LogP contribution in [0, 0.1) is 5.41 Å². The summed E-state index contributed by atoms with van der Waals surface area (Å²) >= 11 is 1.86. The first-order valence-electron chi connectivity index (χ1n) is 6.40. The van der Waals surface area contributed by atoms with E-state index in [1.54, 1.807) is 0 Å². The van der Waals surface area contributed by atoms with Gasteiger partial charge < -0.3 is 11.5 Å². The molecule has 3 heteroatoms. The van der Waals surface area contributed by atoms with Gasteiger partial charge in [-0.05, 0) is 42.8 Å². The van der Waals surface area contributed by atoms with E-state index in [9.17, 15) is 0 Å². The van der Waals surface area contributed by atoms with Crippen molar-refractivity contribution in [3.05, 3.63) is 29.8 Å². The standard InChI is InChI=1S/C14H22N2S/c1-2-17-12-6-4-11(5-7-12)13(16)14(10-15)8-3-9-14/h4-7,13H,2-3,8-10,15-16H2,1H3. The van der Waals surface area contributed by atoms with Crippen molar-refractivity contribution >= 4 is 11.8 Å². The van der Waals surface area contributed by atoms with Gasteiger partial charge in [0.25, 0.3) is 0 Å². The molecule has 0 aliphatic heterocycles. The Morgan fingerprint density at radius 2 is 1.94 bits per heavy atom. The first-order valence-corrected chi connectivity index (χ1v) is 7.39. The number of hydrogen-bond donors (Lipinski definition) is 2. The van der Waals surface area contributed by atoms with E-state index in [2.05, 4.69) is 31.2 Å². The summed E-state index contributed by atoms with van der Waals surface area (Å²) in [6.45, 7) is 2.88.